The van der Waals surface area contributed by atoms with Crippen LogP contribution in [-0.2, 0) is 6.54 Å². The molecule has 0 aliphatic carbocycles. The standard InChI is InChI=1S/C15H26N2/c1-5-13(4)17(7-3)15-10-8-14(9-11-15)12-16-6-2/h8-11,13,16H,5-7,12H2,1-4H3. The molecule has 0 radical (unpaired) electrons. The van der Waals surface area contributed by atoms with E-state index in [4.69, 9.17) is 0 Å². The van der Waals surface area contributed by atoms with Gasteiger partial charge in [-0.25, -0.2) is 0 Å². The number of rotatable bonds is 7. The van der Waals surface area contributed by atoms with Crippen molar-refractivity contribution in [3.8, 4) is 0 Å². The summed E-state index contributed by atoms with van der Waals surface area (Å²) in [5.41, 5.74) is 2.69. The first kappa shape index (κ1) is 14.0. The largest absolute Gasteiger partial charge is 0.369 e. The summed E-state index contributed by atoms with van der Waals surface area (Å²) in [6.45, 7) is 11.9. The van der Waals surface area contributed by atoms with Gasteiger partial charge in [0.05, 0.1) is 0 Å². The fourth-order valence-electron chi connectivity index (χ4n) is 2.04. The Morgan fingerprint density at radius 2 is 1.76 bits per heavy atom. The van der Waals surface area contributed by atoms with Crippen molar-refractivity contribution in [1.29, 1.82) is 0 Å². The predicted octanol–water partition coefficient (Wildman–Crippen LogP) is 3.42. The van der Waals surface area contributed by atoms with Crippen molar-refractivity contribution in [3.63, 3.8) is 0 Å². The van der Waals surface area contributed by atoms with Crippen LogP contribution in [-0.4, -0.2) is 19.1 Å². The lowest BCUT2D eigenvalue weighted by Gasteiger charge is -2.29. The Morgan fingerprint density at radius 1 is 1.12 bits per heavy atom. The van der Waals surface area contributed by atoms with E-state index in [-0.39, 0.29) is 0 Å². The Kier molecular flexibility index (Phi) is 6.06. The van der Waals surface area contributed by atoms with Gasteiger partial charge in [0.15, 0.2) is 0 Å². The summed E-state index contributed by atoms with van der Waals surface area (Å²) >= 11 is 0. The van der Waals surface area contributed by atoms with Crippen molar-refractivity contribution < 1.29 is 0 Å². The molecule has 1 aromatic rings. The third-order valence-corrected chi connectivity index (χ3v) is 3.31. The maximum absolute atomic E-state index is 3.35. The first-order valence-corrected chi connectivity index (χ1v) is 6.79. The normalized spacial score (nSPS) is 12.5. The molecule has 0 heterocycles. The summed E-state index contributed by atoms with van der Waals surface area (Å²) in [5, 5.41) is 3.35. The number of benzene rings is 1. The topological polar surface area (TPSA) is 15.3 Å². The Balaban J connectivity index is 2.71. The quantitative estimate of drug-likeness (QED) is 0.777. The van der Waals surface area contributed by atoms with Crippen LogP contribution in [0.25, 0.3) is 0 Å². The highest BCUT2D eigenvalue weighted by Crippen LogP contribution is 2.19. The second-order valence-electron chi connectivity index (χ2n) is 4.49. The molecule has 0 spiro atoms. The highest BCUT2D eigenvalue weighted by Gasteiger charge is 2.10. The minimum Gasteiger partial charge on any atom is -0.369 e. The van der Waals surface area contributed by atoms with Crippen molar-refractivity contribution in [3.05, 3.63) is 29.8 Å². The van der Waals surface area contributed by atoms with Crippen molar-refractivity contribution in [2.24, 2.45) is 0 Å². The van der Waals surface area contributed by atoms with Crippen LogP contribution in [0.5, 0.6) is 0 Å². The molecule has 0 saturated heterocycles. The monoisotopic (exact) mass is 234 g/mol. The van der Waals surface area contributed by atoms with Crippen molar-refractivity contribution in [2.45, 2.75) is 46.7 Å². The van der Waals surface area contributed by atoms with E-state index in [1.54, 1.807) is 0 Å². The second kappa shape index (κ2) is 7.33. The number of nitrogens with zero attached hydrogens (tertiary/aromatic N) is 1. The lowest BCUT2D eigenvalue weighted by atomic mass is 10.1. The maximum Gasteiger partial charge on any atom is 0.0368 e. The molecule has 2 nitrogen and oxygen atoms in total. The minimum absolute atomic E-state index is 0.611. The Hall–Kier alpha value is -1.02. The summed E-state index contributed by atoms with van der Waals surface area (Å²) in [6, 6.07) is 9.54. The Labute approximate surface area is 106 Å². The van der Waals surface area contributed by atoms with Gasteiger partial charge < -0.3 is 10.2 Å². The zero-order chi connectivity index (χ0) is 12.7. The lowest BCUT2D eigenvalue weighted by Crippen LogP contribution is -2.32. The first-order chi connectivity index (χ1) is 8.22. The van der Waals surface area contributed by atoms with E-state index >= 15 is 0 Å². The van der Waals surface area contributed by atoms with E-state index in [1.807, 2.05) is 0 Å². The summed E-state index contributed by atoms with van der Waals surface area (Å²) in [5.74, 6) is 0. The highest BCUT2D eigenvalue weighted by molar-refractivity contribution is 5.48. The third kappa shape index (κ3) is 4.04. The molecule has 0 bridgehead atoms. The van der Waals surface area contributed by atoms with Gasteiger partial charge in [0.2, 0.25) is 0 Å². The van der Waals surface area contributed by atoms with Crippen LogP contribution < -0.4 is 10.2 Å². The molecule has 96 valence electrons. The molecular weight excluding hydrogens is 208 g/mol. The molecule has 0 aromatic heterocycles. The van der Waals surface area contributed by atoms with Crippen molar-refractivity contribution >= 4 is 5.69 Å². The van der Waals surface area contributed by atoms with Crippen molar-refractivity contribution in [1.82, 2.24) is 5.32 Å². The molecule has 2 heteroatoms. The fourth-order valence-corrected chi connectivity index (χ4v) is 2.04. The zero-order valence-corrected chi connectivity index (χ0v) is 11.7. The van der Waals surface area contributed by atoms with Crippen LogP contribution in [0, 0.1) is 0 Å². The van der Waals surface area contributed by atoms with E-state index in [0.29, 0.717) is 6.04 Å². The first-order valence-electron chi connectivity index (χ1n) is 6.79. The van der Waals surface area contributed by atoms with E-state index in [1.165, 1.54) is 17.7 Å². The Morgan fingerprint density at radius 3 is 2.24 bits per heavy atom. The molecule has 1 aromatic carbocycles. The maximum atomic E-state index is 3.35. The molecule has 17 heavy (non-hydrogen) atoms. The molecule has 1 N–H and O–H groups in total. The second-order valence-corrected chi connectivity index (χ2v) is 4.49. The van der Waals surface area contributed by atoms with E-state index in [2.05, 4.69) is 62.2 Å². The zero-order valence-electron chi connectivity index (χ0n) is 11.7. The van der Waals surface area contributed by atoms with Gasteiger partial charge in [-0.05, 0) is 44.5 Å². The van der Waals surface area contributed by atoms with Gasteiger partial charge in [-0.1, -0.05) is 26.0 Å². The number of anilines is 1. The minimum atomic E-state index is 0.611. The van der Waals surface area contributed by atoms with Crippen LogP contribution in [0.4, 0.5) is 5.69 Å². The van der Waals surface area contributed by atoms with Crippen LogP contribution >= 0.6 is 0 Å². The molecule has 1 rings (SSSR count). The molecule has 0 aliphatic heterocycles. The number of nitrogens with one attached hydrogen (secondary N) is 1. The van der Waals surface area contributed by atoms with Crippen LogP contribution in [0.2, 0.25) is 0 Å². The van der Waals surface area contributed by atoms with Crippen LogP contribution in [0.15, 0.2) is 24.3 Å². The van der Waals surface area contributed by atoms with Crippen LogP contribution in [0.3, 0.4) is 0 Å². The summed E-state index contributed by atoms with van der Waals surface area (Å²) < 4.78 is 0. The average Bonchev–Trinajstić information content (AvgIpc) is 2.38. The highest BCUT2D eigenvalue weighted by atomic mass is 15.1. The van der Waals surface area contributed by atoms with Gasteiger partial charge in [-0.15, -0.1) is 0 Å². The molecule has 0 amide bonds. The molecule has 0 fully saturated rings. The number of hydrogen-bond donors (Lipinski definition) is 1. The molecule has 0 saturated carbocycles. The van der Waals surface area contributed by atoms with Gasteiger partial charge in [0, 0.05) is 24.8 Å². The third-order valence-electron chi connectivity index (χ3n) is 3.31. The van der Waals surface area contributed by atoms with Gasteiger partial charge in [-0.2, -0.15) is 0 Å². The van der Waals surface area contributed by atoms with Gasteiger partial charge >= 0.3 is 0 Å². The van der Waals surface area contributed by atoms with E-state index < -0.39 is 0 Å². The van der Waals surface area contributed by atoms with Gasteiger partial charge in [0.1, 0.15) is 0 Å². The summed E-state index contributed by atoms with van der Waals surface area (Å²) in [4.78, 5) is 2.46. The van der Waals surface area contributed by atoms with Gasteiger partial charge in [0.25, 0.3) is 0 Å². The Bertz CT molecular complexity index is 305. The van der Waals surface area contributed by atoms with E-state index in [0.717, 1.165) is 19.6 Å². The molecule has 0 aliphatic rings. The van der Waals surface area contributed by atoms with Crippen molar-refractivity contribution in [2.75, 3.05) is 18.0 Å². The predicted molar refractivity (Wildman–Crippen MR) is 76.6 cm³/mol. The summed E-state index contributed by atoms with van der Waals surface area (Å²) in [6.07, 6.45) is 1.19. The van der Waals surface area contributed by atoms with E-state index in [9.17, 15) is 0 Å². The molecular formula is C15H26N2. The fraction of sp³-hybridized carbons (Fsp3) is 0.600. The average molecular weight is 234 g/mol. The molecule has 1 unspecified atom stereocenters. The smallest absolute Gasteiger partial charge is 0.0368 e. The van der Waals surface area contributed by atoms with Crippen LogP contribution in [0.1, 0.15) is 39.7 Å². The van der Waals surface area contributed by atoms with Gasteiger partial charge in [-0.3, -0.25) is 0 Å². The molecule has 1 atom stereocenters. The SMILES string of the molecule is CCNCc1ccc(N(CC)C(C)CC)cc1. The number of hydrogen-bond acceptors (Lipinski definition) is 2. The lowest BCUT2D eigenvalue weighted by molar-refractivity contribution is 0.630. The summed E-state index contributed by atoms with van der Waals surface area (Å²) in [7, 11) is 0.